The highest BCUT2D eigenvalue weighted by Gasteiger charge is 2.11. The minimum Gasteiger partial charge on any atom is -0.437 e. The van der Waals surface area contributed by atoms with Gasteiger partial charge in [-0.1, -0.05) is 23.7 Å². The van der Waals surface area contributed by atoms with Crippen molar-refractivity contribution in [3.63, 3.8) is 0 Å². The summed E-state index contributed by atoms with van der Waals surface area (Å²) >= 11 is 6.25. The molecule has 0 unspecified atom stereocenters. The minimum absolute atomic E-state index is 0.524. The first kappa shape index (κ1) is 18.6. The average Bonchev–Trinajstić information content (AvgIpc) is 3.36. The van der Waals surface area contributed by atoms with Gasteiger partial charge in [-0.15, -0.1) is 5.10 Å². The Morgan fingerprint density at radius 2 is 1.86 bits per heavy atom. The molecule has 0 saturated carbocycles. The third-order valence-electron chi connectivity index (χ3n) is 4.87. The monoisotopic (exact) mass is 394 g/mol. The van der Waals surface area contributed by atoms with Crippen LogP contribution in [-0.2, 0) is 0 Å². The summed E-state index contributed by atoms with van der Waals surface area (Å²) in [7, 11) is 0. The van der Waals surface area contributed by atoms with Gasteiger partial charge in [0.15, 0.2) is 0 Å². The molecule has 1 aliphatic rings. The summed E-state index contributed by atoms with van der Waals surface area (Å²) in [6.45, 7) is 6.26. The van der Waals surface area contributed by atoms with Crippen LogP contribution in [0.1, 0.15) is 24.0 Å². The van der Waals surface area contributed by atoms with Crippen molar-refractivity contribution in [1.29, 1.82) is 0 Å². The molecule has 0 amide bonds. The number of hydrogen-bond acceptors (Lipinski definition) is 3. The van der Waals surface area contributed by atoms with Crippen molar-refractivity contribution in [2.45, 2.75) is 26.7 Å². The fraction of sp³-hybridized carbons (Fsp3) is 0.273. The largest absolute Gasteiger partial charge is 0.437 e. The van der Waals surface area contributed by atoms with Crippen LogP contribution in [0.2, 0.25) is 5.02 Å². The molecule has 4 rings (SSSR count). The smallest absolute Gasteiger partial charge is 0.238 e. The van der Waals surface area contributed by atoms with Gasteiger partial charge in [0.05, 0.1) is 22.7 Å². The maximum Gasteiger partial charge on any atom is 0.238 e. The predicted molar refractivity (Wildman–Crippen MR) is 114 cm³/mol. The standard InChI is InChI=1S/C22H23ClN4O/c1-16-14-21(17(2)13-19(16)24-15-26-10-5-6-11-26)28-22-9-12-27(25-22)20-8-4-3-7-18(20)23/h3-4,7-9,12-15H,5-6,10-11H2,1-2H3. The van der Waals surface area contributed by atoms with Crippen molar-refractivity contribution < 1.29 is 4.74 Å². The number of rotatable bonds is 5. The lowest BCUT2D eigenvalue weighted by Crippen LogP contribution is -2.16. The lowest BCUT2D eigenvalue weighted by Gasteiger charge is -2.12. The van der Waals surface area contributed by atoms with Crippen LogP contribution >= 0.6 is 11.6 Å². The van der Waals surface area contributed by atoms with Gasteiger partial charge < -0.3 is 9.64 Å². The van der Waals surface area contributed by atoms with Crippen LogP contribution in [0, 0.1) is 13.8 Å². The van der Waals surface area contributed by atoms with Crippen LogP contribution in [0.5, 0.6) is 11.6 Å². The molecule has 2 aromatic carbocycles. The summed E-state index contributed by atoms with van der Waals surface area (Å²) in [4.78, 5) is 6.93. The number of para-hydroxylation sites is 1. The van der Waals surface area contributed by atoms with Crippen LogP contribution in [0.3, 0.4) is 0 Å². The average molecular weight is 395 g/mol. The van der Waals surface area contributed by atoms with E-state index < -0.39 is 0 Å². The number of aliphatic imine (C=N–C) groups is 1. The molecule has 1 saturated heterocycles. The Morgan fingerprint density at radius 1 is 1.07 bits per heavy atom. The summed E-state index contributed by atoms with van der Waals surface area (Å²) < 4.78 is 7.74. The van der Waals surface area contributed by atoms with E-state index in [1.165, 1.54) is 12.8 Å². The zero-order valence-electron chi connectivity index (χ0n) is 16.1. The summed E-state index contributed by atoms with van der Waals surface area (Å²) in [6.07, 6.45) is 6.29. The Bertz CT molecular complexity index is 1010. The van der Waals surface area contributed by atoms with Crippen molar-refractivity contribution in [2.24, 2.45) is 4.99 Å². The highest BCUT2D eigenvalue weighted by molar-refractivity contribution is 6.32. The molecule has 3 aromatic rings. The Hall–Kier alpha value is -2.79. The molecule has 0 aliphatic carbocycles. The first-order chi connectivity index (χ1) is 13.6. The summed E-state index contributed by atoms with van der Waals surface area (Å²) in [5.74, 6) is 1.30. The van der Waals surface area contributed by atoms with E-state index in [2.05, 4.69) is 21.1 Å². The second-order valence-corrected chi connectivity index (χ2v) is 7.45. The topological polar surface area (TPSA) is 42.6 Å². The molecule has 0 atom stereocenters. The first-order valence-electron chi connectivity index (χ1n) is 9.48. The molecule has 0 radical (unpaired) electrons. The first-order valence-corrected chi connectivity index (χ1v) is 9.86. The molecule has 5 nitrogen and oxygen atoms in total. The van der Waals surface area contributed by atoms with Gasteiger partial charge in [0.1, 0.15) is 5.75 Å². The van der Waals surface area contributed by atoms with Crippen LogP contribution < -0.4 is 4.74 Å². The van der Waals surface area contributed by atoms with E-state index >= 15 is 0 Å². The molecule has 0 spiro atoms. The molecular formula is C22H23ClN4O. The molecule has 1 fully saturated rings. The zero-order valence-corrected chi connectivity index (χ0v) is 16.9. The third kappa shape index (κ3) is 4.04. The van der Waals surface area contributed by atoms with E-state index in [1.807, 2.05) is 62.8 Å². The number of hydrogen-bond donors (Lipinski definition) is 0. The van der Waals surface area contributed by atoms with Crippen molar-refractivity contribution >= 4 is 23.6 Å². The maximum atomic E-state index is 6.25. The van der Waals surface area contributed by atoms with Gasteiger partial charge in [-0.05, 0) is 62.1 Å². The summed E-state index contributed by atoms with van der Waals surface area (Å²) in [5, 5.41) is 5.14. The van der Waals surface area contributed by atoms with Crippen LogP contribution in [0.15, 0.2) is 53.7 Å². The van der Waals surface area contributed by atoms with Crippen LogP contribution in [0.4, 0.5) is 5.69 Å². The number of ether oxygens (including phenoxy) is 1. The van der Waals surface area contributed by atoms with Gasteiger partial charge >= 0.3 is 0 Å². The molecule has 2 heterocycles. The molecule has 28 heavy (non-hydrogen) atoms. The number of halogens is 1. The molecule has 1 aromatic heterocycles. The maximum absolute atomic E-state index is 6.25. The highest BCUT2D eigenvalue weighted by atomic mass is 35.5. The van der Waals surface area contributed by atoms with E-state index in [-0.39, 0.29) is 0 Å². The molecule has 1 aliphatic heterocycles. The van der Waals surface area contributed by atoms with Gasteiger partial charge in [-0.3, -0.25) is 0 Å². The van der Waals surface area contributed by atoms with E-state index in [0.29, 0.717) is 10.9 Å². The number of aromatic nitrogens is 2. The zero-order chi connectivity index (χ0) is 19.5. The van der Waals surface area contributed by atoms with E-state index in [9.17, 15) is 0 Å². The van der Waals surface area contributed by atoms with Crippen molar-refractivity contribution in [1.82, 2.24) is 14.7 Å². The fourth-order valence-corrected chi connectivity index (χ4v) is 3.49. The Kier molecular flexibility index (Phi) is 5.35. The summed E-state index contributed by atoms with van der Waals surface area (Å²) in [5.41, 5.74) is 3.88. The van der Waals surface area contributed by atoms with E-state index in [0.717, 1.165) is 41.3 Å². The van der Waals surface area contributed by atoms with Crippen molar-refractivity contribution in [3.05, 3.63) is 64.8 Å². The quantitative estimate of drug-likeness (QED) is 0.412. The highest BCUT2D eigenvalue weighted by Crippen LogP contribution is 2.31. The predicted octanol–water partition coefficient (Wildman–Crippen LogP) is 5.69. The molecule has 0 N–H and O–H groups in total. The number of benzene rings is 2. The van der Waals surface area contributed by atoms with E-state index in [1.54, 1.807) is 4.68 Å². The minimum atomic E-state index is 0.524. The van der Waals surface area contributed by atoms with E-state index in [4.69, 9.17) is 16.3 Å². The lowest BCUT2D eigenvalue weighted by atomic mass is 10.1. The number of likely N-dealkylation sites (tertiary alicyclic amines) is 1. The normalized spacial score (nSPS) is 14.2. The van der Waals surface area contributed by atoms with Gasteiger partial charge in [0, 0.05) is 25.4 Å². The SMILES string of the molecule is Cc1cc(Oc2ccn(-c3ccccc3Cl)n2)c(C)cc1N=CN1CCCC1. The lowest BCUT2D eigenvalue weighted by molar-refractivity contribution is 0.454. The second kappa shape index (κ2) is 8.07. The van der Waals surface area contributed by atoms with Gasteiger partial charge in [0.25, 0.3) is 0 Å². The van der Waals surface area contributed by atoms with Crippen LogP contribution in [-0.4, -0.2) is 34.1 Å². The fourth-order valence-electron chi connectivity index (χ4n) is 3.27. The molecule has 0 bridgehead atoms. The summed E-state index contributed by atoms with van der Waals surface area (Å²) in [6, 6.07) is 13.5. The second-order valence-electron chi connectivity index (χ2n) is 7.04. The van der Waals surface area contributed by atoms with Gasteiger partial charge in [-0.25, -0.2) is 9.67 Å². The Morgan fingerprint density at radius 3 is 2.64 bits per heavy atom. The number of nitrogens with zero attached hydrogens (tertiary/aromatic N) is 4. The van der Waals surface area contributed by atoms with Crippen molar-refractivity contribution in [2.75, 3.05) is 13.1 Å². The van der Waals surface area contributed by atoms with Gasteiger partial charge in [0.2, 0.25) is 5.88 Å². The molecule has 6 heteroatoms. The number of aryl methyl sites for hydroxylation is 2. The molecule has 144 valence electrons. The third-order valence-corrected chi connectivity index (χ3v) is 5.19. The Labute approximate surface area is 170 Å². The van der Waals surface area contributed by atoms with Crippen LogP contribution in [0.25, 0.3) is 5.69 Å². The Balaban J connectivity index is 1.52. The molecular weight excluding hydrogens is 372 g/mol. The van der Waals surface area contributed by atoms with Crippen molar-refractivity contribution in [3.8, 4) is 17.3 Å². The van der Waals surface area contributed by atoms with Gasteiger partial charge in [-0.2, -0.15) is 0 Å².